The van der Waals surface area contributed by atoms with E-state index < -0.39 is 5.82 Å². The highest BCUT2D eigenvalue weighted by Crippen LogP contribution is 2.17. The second-order valence-electron chi connectivity index (χ2n) is 6.24. The van der Waals surface area contributed by atoms with Gasteiger partial charge in [0.2, 0.25) is 0 Å². The number of nitrogens with zero attached hydrogens (tertiary/aromatic N) is 2. The van der Waals surface area contributed by atoms with Crippen LogP contribution in [-0.4, -0.2) is 55.4 Å². The summed E-state index contributed by atoms with van der Waals surface area (Å²) in [6.45, 7) is 4.74. The van der Waals surface area contributed by atoms with Crippen LogP contribution in [0.4, 0.5) is 4.39 Å². The van der Waals surface area contributed by atoms with Crippen molar-refractivity contribution in [3.63, 3.8) is 0 Å². The Morgan fingerprint density at radius 2 is 2.19 bits per heavy atom. The van der Waals surface area contributed by atoms with Gasteiger partial charge in [-0.1, -0.05) is 19.1 Å². The van der Waals surface area contributed by atoms with Crippen molar-refractivity contribution < 1.29 is 9.18 Å². The van der Waals surface area contributed by atoms with E-state index in [0.717, 1.165) is 13.1 Å². The Labute approximate surface area is 126 Å². The molecule has 0 aliphatic carbocycles. The Kier molecular flexibility index (Phi) is 5.48. The molecule has 116 valence electrons. The zero-order valence-corrected chi connectivity index (χ0v) is 13.2. The lowest BCUT2D eigenvalue weighted by Crippen LogP contribution is -2.46. The molecule has 1 aliphatic rings. The number of hydrogen-bond acceptors (Lipinski definition) is 3. The third-order valence-corrected chi connectivity index (χ3v) is 4.37. The molecule has 1 saturated heterocycles. The molecular formula is C17H25FN2O. The first-order chi connectivity index (χ1) is 9.99. The van der Waals surface area contributed by atoms with Gasteiger partial charge in [-0.2, -0.15) is 0 Å². The Bertz CT molecular complexity index is 491. The van der Waals surface area contributed by atoms with E-state index in [0.29, 0.717) is 12.6 Å². The molecule has 1 fully saturated rings. The van der Waals surface area contributed by atoms with Gasteiger partial charge in [-0.3, -0.25) is 4.79 Å². The van der Waals surface area contributed by atoms with E-state index in [1.54, 1.807) is 18.2 Å². The van der Waals surface area contributed by atoms with Gasteiger partial charge in [0.15, 0.2) is 5.78 Å². The van der Waals surface area contributed by atoms with Gasteiger partial charge < -0.3 is 9.80 Å². The van der Waals surface area contributed by atoms with Crippen molar-refractivity contribution in [2.45, 2.75) is 25.8 Å². The number of carbonyl (C=O) groups excluding carboxylic acids is 1. The SMILES string of the molecule is CC(CN(C)C1CCCN(C)C1)C(=O)c1ccccc1F. The van der Waals surface area contributed by atoms with Gasteiger partial charge in [-0.25, -0.2) is 4.39 Å². The van der Waals surface area contributed by atoms with Gasteiger partial charge in [0, 0.05) is 25.0 Å². The number of likely N-dealkylation sites (tertiary alicyclic amines) is 1. The van der Waals surface area contributed by atoms with Gasteiger partial charge in [0.25, 0.3) is 0 Å². The van der Waals surface area contributed by atoms with E-state index in [1.165, 1.54) is 18.9 Å². The largest absolute Gasteiger partial charge is 0.305 e. The highest BCUT2D eigenvalue weighted by molar-refractivity contribution is 5.98. The Hall–Kier alpha value is -1.26. The first-order valence-corrected chi connectivity index (χ1v) is 7.66. The zero-order chi connectivity index (χ0) is 15.4. The molecule has 0 aromatic heterocycles. The molecular weight excluding hydrogens is 267 g/mol. The predicted molar refractivity (Wildman–Crippen MR) is 83.0 cm³/mol. The lowest BCUT2D eigenvalue weighted by atomic mass is 9.97. The summed E-state index contributed by atoms with van der Waals surface area (Å²) in [5.74, 6) is -0.724. The number of ketones is 1. The molecule has 0 saturated carbocycles. The molecule has 4 heteroatoms. The number of halogens is 1. The number of likely N-dealkylation sites (N-methyl/N-ethyl adjacent to an activating group) is 2. The lowest BCUT2D eigenvalue weighted by Gasteiger charge is -2.36. The van der Waals surface area contributed by atoms with Crippen LogP contribution in [0.15, 0.2) is 24.3 Å². The maximum atomic E-state index is 13.7. The topological polar surface area (TPSA) is 23.6 Å². The molecule has 0 radical (unpaired) electrons. The van der Waals surface area contributed by atoms with E-state index >= 15 is 0 Å². The Morgan fingerprint density at radius 3 is 2.86 bits per heavy atom. The van der Waals surface area contributed by atoms with Crippen molar-refractivity contribution in [2.75, 3.05) is 33.7 Å². The van der Waals surface area contributed by atoms with Gasteiger partial charge in [0.05, 0.1) is 5.56 Å². The van der Waals surface area contributed by atoms with Crippen molar-refractivity contribution in [3.8, 4) is 0 Å². The number of hydrogen-bond donors (Lipinski definition) is 0. The van der Waals surface area contributed by atoms with Crippen LogP contribution >= 0.6 is 0 Å². The molecule has 0 N–H and O–H groups in total. The van der Waals surface area contributed by atoms with E-state index in [9.17, 15) is 9.18 Å². The lowest BCUT2D eigenvalue weighted by molar-refractivity contribution is 0.0835. The minimum Gasteiger partial charge on any atom is -0.305 e. The number of piperidine rings is 1. The average molecular weight is 292 g/mol. The minimum atomic E-state index is -0.422. The van der Waals surface area contributed by atoms with Crippen LogP contribution in [0.25, 0.3) is 0 Å². The molecule has 1 aliphatic heterocycles. The molecule has 2 rings (SSSR count). The minimum absolute atomic E-state index is 0.107. The summed E-state index contributed by atoms with van der Waals surface area (Å²) in [6, 6.07) is 6.73. The summed E-state index contributed by atoms with van der Waals surface area (Å²) >= 11 is 0. The third kappa shape index (κ3) is 4.11. The second-order valence-corrected chi connectivity index (χ2v) is 6.24. The maximum absolute atomic E-state index is 13.7. The van der Waals surface area contributed by atoms with E-state index in [4.69, 9.17) is 0 Å². The average Bonchev–Trinajstić information content (AvgIpc) is 2.47. The third-order valence-electron chi connectivity index (χ3n) is 4.37. The monoisotopic (exact) mass is 292 g/mol. The molecule has 1 heterocycles. The fraction of sp³-hybridized carbons (Fsp3) is 0.588. The van der Waals surface area contributed by atoms with Crippen molar-refractivity contribution in [2.24, 2.45) is 5.92 Å². The molecule has 2 atom stereocenters. The zero-order valence-electron chi connectivity index (χ0n) is 13.2. The standard InChI is InChI=1S/C17H25FN2O/c1-13(17(21)15-8-4-5-9-16(15)18)11-20(3)14-7-6-10-19(2)12-14/h4-5,8-9,13-14H,6-7,10-12H2,1-3H3. The van der Waals surface area contributed by atoms with Gasteiger partial charge >= 0.3 is 0 Å². The van der Waals surface area contributed by atoms with Crippen molar-refractivity contribution in [1.29, 1.82) is 0 Å². The number of benzene rings is 1. The number of carbonyl (C=O) groups is 1. The van der Waals surface area contributed by atoms with E-state index in [2.05, 4.69) is 23.9 Å². The van der Waals surface area contributed by atoms with Gasteiger partial charge in [-0.05, 0) is 45.6 Å². The number of rotatable bonds is 5. The summed E-state index contributed by atoms with van der Waals surface area (Å²) in [4.78, 5) is 16.9. The molecule has 21 heavy (non-hydrogen) atoms. The van der Waals surface area contributed by atoms with Gasteiger partial charge in [-0.15, -0.1) is 0 Å². The summed E-state index contributed by atoms with van der Waals surface area (Å²) in [6.07, 6.45) is 2.36. The summed E-state index contributed by atoms with van der Waals surface area (Å²) in [7, 11) is 4.20. The molecule has 1 aromatic rings. The molecule has 0 spiro atoms. The molecule has 0 amide bonds. The smallest absolute Gasteiger partial charge is 0.169 e. The maximum Gasteiger partial charge on any atom is 0.169 e. The van der Waals surface area contributed by atoms with Crippen molar-refractivity contribution in [1.82, 2.24) is 9.80 Å². The first-order valence-electron chi connectivity index (χ1n) is 7.66. The van der Waals surface area contributed by atoms with Crippen LogP contribution in [-0.2, 0) is 0 Å². The van der Waals surface area contributed by atoms with Crippen LogP contribution in [0, 0.1) is 11.7 Å². The Morgan fingerprint density at radius 1 is 1.48 bits per heavy atom. The highest BCUT2D eigenvalue weighted by atomic mass is 19.1. The quantitative estimate of drug-likeness (QED) is 0.780. The molecule has 1 aromatic carbocycles. The fourth-order valence-corrected chi connectivity index (χ4v) is 3.09. The van der Waals surface area contributed by atoms with Gasteiger partial charge in [0.1, 0.15) is 5.82 Å². The van der Waals surface area contributed by atoms with Crippen LogP contribution in [0.5, 0.6) is 0 Å². The number of Topliss-reactive ketones (excluding diaryl/α,β-unsaturated/α-hetero) is 1. The van der Waals surface area contributed by atoms with Crippen molar-refractivity contribution in [3.05, 3.63) is 35.6 Å². The van der Waals surface area contributed by atoms with E-state index in [1.807, 2.05) is 6.92 Å². The first kappa shape index (κ1) is 16.1. The van der Waals surface area contributed by atoms with Crippen LogP contribution in [0.1, 0.15) is 30.1 Å². The Balaban J connectivity index is 1.95. The van der Waals surface area contributed by atoms with Crippen LogP contribution in [0.3, 0.4) is 0 Å². The molecule has 2 unspecified atom stereocenters. The fourth-order valence-electron chi connectivity index (χ4n) is 3.09. The highest BCUT2D eigenvalue weighted by Gasteiger charge is 2.25. The van der Waals surface area contributed by atoms with E-state index in [-0.39, 0.29) is 17.3 Å². The summed E-state index contributed by atoms with van der Waals surface area (Å²) in [5.41, 5.74) is 0.208. The van der Waals surface area contributed by atoms with Crippen molar-refractivity contribution >= 4 is 5.78 Å². The summed E-state index contributed by atoms with van der Waals surface area (Å²) < 4.78 is 13.7. The predicted octanol–water partition coefficient (Wildman–Crippen LogP) is 2.67. The molecule has 0 bridgehead atoms. The second kappa shape index (κ2) is 7.14. The van der Waals surface area contributed by atoms with Crippen LogP contribution in [0.2, 0.25) is 0 Å². The molecule has 3 nitrogen and oxygen atoms in total. The normalized spacial score (nSPS) is 21.5. The summed E-state index contributed by atoms with van der Waals surface area (Å²) in [5, 5.41) is 0. The van der Waals surface area contributed by atoms with Crippen LogP contribution < -0.4 is 0 Å².